The second-order valence-corrected chi connectivity index (χ2v) is 11.7. The van der Waals surface area contributed by atoms with Crippen molar-refractivity contribution in [2.75, 3.05) is 33.9 Å². The van der Waals surface area contributed by atoms with Gasteiger partial charge in [-0.25, -0.2) is 4.98 Å². The van der Waals surface area contributed by atoms with Crippen LogP contribution in [0.5, 0.6) is 5.88 Å². The van der Waals surface area contributed by atoms with Gasteiger partial charge >= 0.3 is 12.4 Å². The lowest BCUT2D eigenvalue weighted by atomic mass is 9.90. The van der Waals surface area contributed by atoms with Crippen LogP contribution in [0.4, 0.5) is 26.3 Å². The number of nitrogens with zero attached hydrogens (tertiary/aromatic N) is 3. The molecule has 0 spiro atoms. The number of hydrogen-bond acceptors (Lipinski definition) is 4. The Bertz CT molecular complexity index is 1430. The van der Waals surface area contributed by atoms with Crippen molar-refractivity contribution in [1.82, 2.24) is 14.5 Å². The number of piperidine rings is 1. The number of likely N-dealkylation sites (tertiary alicyclic amines) is 1. The highest BCUT2D eigenvalue weighted by Gasteiger charge is 2.50. The van der Waals surface area contributed by atoms with E-state index in [2.05, 4.69) is 4.98 Å². The SMILES string of the molecule is COCCCn1c(C)c(C(F)(F)F)c(C(F)(F)F)c1C1CCCN(C(=O)CC(C)Cc2ccc(-c3ccc(OC)nc3)cc2)C1. The predicted molar refractivity (Wildman–Crippen MR) is 158 cm³/mol. The zero-order valence-corrected chi connectivity index (χ0v) is 25.9. The Hall–Kier alpha value is -3.54. The second kappa shape index (κ2) is 14.3. The second-order valence-electron chi connectivity index (χ2n) is 11.7. The smallest absolute Gasteiger partial charge is 0.418 e. The van der Waals surface area contributed by atoms with Gasteiger partial charge in [0.1, 0.15) is 0 Å². The topological polar surface area (TPSA) is 56.6 Å². The average Bonchev–Trinajstić information content (AvgIpc) is 3.31. The normalized spacial score (nSPS) is 16.6. The molecule has 1 aliphatic rings. The Morgan fingerprint density at radius 3 is 2.24 bits per heavy atom. The van der Waals surface area contributed by atoms with Gasteiger partial charge in [-0.2, -0.15) is 26.3 Å². The third kappa shape index (κ3) is 8.19. The van der Waals surface area contributed by atoms with Crippen molar-refractivity contribution in [2.24, 2.45) is 5.92 Å². The lowest BCUT2D eigenvalue weighted by Gasteiger charge is -2.35. The van der Waals surface area contributed by atoms with E-state index in [0.717, 1.165) is 28.2 Å². The minimum absolute atomic E-state index is 0.0522. The molecule has 4 rings (SSSR count). The fraction of sp³-hybridized carbons (Fsp3) is 0.515. The van der Waals surface area contributed by atoms with Crippen LogP contribution in [0.25, 0.3) is 11.1 Å². The third-order valence-corrected chi connectivity index (χ3v) is 8.36. The van der Waals surface area contributed by atoms with Crippen LogP contribution in [0.3, 0.4) is 0 Å². The quantitative estimate of drug-likeness (QED) is 0.158. The summed E-state index contributed by atoms with van der Waals surface area (Å²) in [4.78, 5) is 19.1. The molecule has 1 saturated heterocycles. The molecule has 45 heavy (non-hydrogen) atoms. The highest BCUT2D eigenvalue weighted by Crippen LogP contribution is 2.48. The lowest BCUT2D eigenvalue weighted by Crippen LogP contribution is -2.40. The summed E-state index contributed by atoms with van der Waals surface area (Å²) in [5.74, 6) is -0.639. The number of aromatic nitrogens is 2. The summed E-state index contributed by atoms with van der Waals surface area (Å²) < 4.78 is 96.4. The molecule has 0 bridgehead atoms. The Balaban J connectivity index is 1.49. The largest absolute Gasteiger partial charge is 0.481 e. The van der Waals surface area contributed by atoms with Crippen molar-refractivity contribution in [3.05, 3.63) is 70.7 Å². The van der Waals surface area contributed by atoms with Crippen molar-refractivity contribution in [1.29, 1.82) is 0 Å². The number of rotatable bonds is 11. The number of methoxy groups -OCH3 is 2. The fourth-order valence-corrected chi connectivity index (χ4v) is 6.31. The summed E-state index contributed by atoms with van der Waals surface area (Å²) in [5.41, 5.74) is -1.20. The lowest BCUT2D eigenvalue weighted by molar-refractivity contribution is -0.162. The van der Waals surface area contributed by atoms with Crippen molar-refractivity contribution < 1.29 is 40.6 Å². The highest BCUT2D eigenvalue weighted by atomic mass is 19.4. The van der Waals surface area contributed by atoms with E-state index in [0.29, 0.717) is 25.3 Å². The number of halogens is 6. The molecule has 1 aromatic carbocycles. The highest BCUT2D eigenvalue weighted by molar-refractivity contribution is 5.76. The van der Waals surface area contributed by atoms with Gasteiger partial charge in [0, 0.05) is 74.9 Å². The van der Waals surface area contributed by atoms with Crippen LogP contribution in [-0.4, -0.2) is 54.3 Å². The zero-order valence-electron chi connectivity index (χ0n) is 25.9. The van der Waals surface area contributed by atoms with Gasteiger partial charge in [-0.3, -0.25) is 4.79 Å². The van der Waals surface area contributed by atoms with E-state index in [9.17, 15) is 31.1 Å². The summed E-state index contributed by atoms with van der Waals surface area (Å²) in [6.07, 6.45) is -6.99. The molecule has 1 amide bonds. The average molecular weight is 640 g/mol. The molecule has 12 heteroatoms. The molecule has 0 saturated carbocycles. The van der Waals surface area contributed by atoms with Crippen LogP contribution < -0.4 is 4.74 Å². The minimum atomic E-state index is -5.21. The van der Waals surface area contributed by atoms with Crippen molar-refractivity contribution in [3.63, 3.8) is 0 Å². The summed E-state index contributed by atoms with van der Waals surface area (Å²) in [7, 11) is 2.97. The van der Waals surface area contributed by atoms with Gasteiger partial charge in [-0.15, -0.1) is 0 Å². The molecule has 0 aliphatic carbocycles. The van der Waals surface area contributed by atoms with Gasteiger partial charge in [-0.05, 0) is 55.7 Å². The van der Waals surface area contributed by atoms with E-state index >= 15 is 0 Å². The monoisotopic (exact) mass is 639 g/mol. The number of amides is 1. The first-order chi connectivity index (χ1) is 21.2. The van der Waals surface area contributed by atoms with E-state index in [1.165, 1.54) is 12.0 Å². The standard InChI is InChI=1S/C33H39F6N3O3/c1-21(17-23-8-10-24(11-9-23)25-12-13-27(45-4)40-19-25)18-28(43)41-14-5-7-26(20-41)31-30(33(37,38)39)29(32(34,35)36)22(2)42(31)15-6-16-44-3/h8-13,19,21,26H,5-7,14-18,20H2,1-4H3. The van der Waals surface area contributed by atoms with Gasteiger partial charge in [-0.1, -0.05) is 31.2 Å². The summed E-state index contributed by atoms with van der Waals surface area (Å²) in [5, 5.41) is 0. The van der Waals surface area contributed by atoms with Crippen LogP contribution >= 0.6 is 0 Å². The molecule has 2 unspecified atom stereocenters. The van der Waals surface area contributed by atoms with Gasteiger partial charge in [0.25, 0.3) is 0 Å². The fourth-order valence-electron chi connectivity index (χ4n) is 6.31. The molecule has 2 atom stereocenters. The zero-order chi connectivity index (χ0) is 32.9. The molecule has 246 valence electrons. The summed E-state index contributed by atoms with van der Waals surface area (Å²) in [6.45, 7) is 3.44. The molecule has 3 heterocycles. The molecule has 1 fully saturated rings. The number of hydrogen-bond donors (Lipinski definition) is 0. The molecule has 3 aromatic rings. The van der Waals surface area contributed by atoms with Gasteiger partial charge < -0.3 is 18.9 Å². The molecular formula is C33H39F6N3O3. The van der Waals surface area contributed by atoms with E-state index in [1.807, 2.05) is 37.3 Å². The Kier molecular flexibility index (Phi) is 10.9. The van der Waals surface area contributed by atoms with Crippen LogP contribution in [0, 0.1) is 12.8 Å². The van der Waals surface area contributed by atoms with Crippen LogP contribution in [0.1, 0.15) is 66.6 Å². The van der Waals surface area contributed by atoms with E-state index in [4.69, 9.17) is 9.47 Å². The number of pyridine rings is 1. The minimum Gasteiger partial charge on any atom is -0.481 e. The van der Waals surface area contributed by atoms with Crippen molar-refractivity contribution in [2.45, 2.75) is 70.8 Å². The number of carbonyl (C=O) groups excluding carboxylic acids is 1. The van der Waals surface area contributed by atoms with Crippen molar-refractivity contribution >= 4 is 5.91 Å². The van der Waals surface area contributed by atoms with Gasteiger partial charge in [0.2, 0.25) is 11.8 Å². The maximum absolute atomic E-state index is 14.3. The molecule has 1 aliphatic heterocycles. The Morgan fingerprint density at radius 1 is 1.00 bits per heavy atom. The Morgan fingerprint density at radius 2 is 1.67 bits per heavy atom. The van der Waals surface area contributed by atoms with Crippen LogP contribution in [0.15, 0.2) is 42.6 Å². The first-order valence-electron chi connectivity index (χ1n) is 15.0. The molecule has 0 N–H and O–H groups in total. The summed E-state index contributed by atoms with van der Waals surface area (Å²) >= 11 is 0. The third-order valence-electron chi connectivity index (χ3n) is 8.36. The maximum Gasteiger partial charge on any atom is 0.418 e. The molecule has 6 nitrogen and oxygen atoms in total. The molecule has 0 radical (unpaired) electrons. The van der Waals surface area contributed by atoms with Gasteiger partial charge in [0.15, 0.2) is 0 Å². The maximum atomic E-state index is 14.3. The number of alkyl halides is 6. The number of ether oxygens (including phenoxy) is 2. The van der Waals surface area contributed by atoms with Crippen molar-refractivity contribution in [3.8, 4) is 17.0 Å². The Labute approximate surface area is 259 Å². The first kappa shape index (κ1) is 34.3. The summed E-state index contributed by atoms with van der Waals surface area (Å²) in [6, 6.07) is 11.6. The number of benzene rings is 1. The van der Waals surface area contributed by atoms with Crippen LogP contribution in [0.2, 0.25) is 0 Å². The molecular weight excluding hydrogens is 600 g/mol. The van der Waals surface area contributed by atoms with Crippen LogP contribution in [-0.2, 0) is 34.8 Å². The van der Waals surface area contributed by atoms with E-state index in [-0.39, 0.29) is 56.5 Å². The van der Waals surface area contributed by atoms with E-state index < -0.39 is 35.1 Å². The van der Waals surface area contributed by atoms with E-state index in [1.54, 1.807) is 19.4 Å². The first-order valence-corrected chi connectivity index (χ1v) is 15.0. The molecule has 2 aromatic heterocycles. The number of carbonyl (C=O) groups is 1. The predicted octanol–water partition coefficient (Wildman–Crippen LogP) is 7.92. The van der Waals surface area contributed by atoms with Gasteiger partial charge in [0.05, 0.1) is 18.2 Å².